The van der Waals surface area contributed by atoms with Crippen molar-refractivity contribution in [3.63, 3.8) is 0 Å². The van der Waals surface area contributed by atoms with Crippen molar-refractivity contribution in [3.05, 3.63) is 39.7 Å². The molecule has 3 N–H and O–H groups in total. The first kappa shape index (κ1) is 13.1. The molecule has 1 aromatic heterocycles. The Labute approximate surface area is 115 Å². The first-order valence-corrected chi connectivity index (χ1v) is 6.61. The summed E-state index contributed by atoms with van der Waals surface area (Å²) in [6, 6.07) is 4.65. The maximum absolute atomic E-state index is 12.6. The first-order chi connectivity index (χ1) is 9.54. The van der Waals surface area contributed by atoms with E-state index >= 15 is 0 Å². The lowest BCUT2D eigenvalue weighted by Gasteiger charge is -2.32. The average Bonchev–Trinajstić information content (AvgIpc) is 2.41. The molecule has 0 bridgehead atoms. The van der Waals surface area contributed by atoms with Crippen LogP contribution in [-0.2, 0) is 6.42 Å². The highest BCUT2D eigenvalue weighted by molar-refractivity contribution is 5.83. The van der Waals surface area contributed by atoms with E-state index in [9.17, 15) is 20.1 Å². The minimum atomic E-state index is -0.793. The van der Waals surface area contributed by atoms with Crippen LogP contribution in [0.25, 0.3) is 11.0 Å². The van der Waals surface area contributed by atoms with Crippen LogP contribution in [0.4, 0.5) is 0 Å². The van der Waals surface area contributed by atoms with Crippen LogP contribution >= 0.6 is 0 Å². The Kier molecular flexibility index (Phi) is 3.03. The van der Waals surface area contributed by atoms with E-state index in [0.29, 0.717) is 17.8 Å². The molecule has 3 atom stereocenters. The molecule has 20 heavy (non-hydrogen) atoms. The van der Waals surface area contributed by atoms with Gasteiger partial charge in [0.25, 0.3) is 0 Å². The smallest absolute Gasteiger partial charge is 0.200 e. The van der Waals surface area contributed by atoms with Crippen molar-refractivity contribution in [1.82, 2.24) is 0 Å². The number of aliphatic hydroxyl groups is 2. The van der Waals surface area contributed by atoms with Gasteiger partial charge in [-0.1, -0.05) is 13.0 Å². The molecule has 0 saturated heterocycles. The summed E-state index contributed by atoms with van der Waals surface area (Å²) < 4.78 is 5.71. The van der Waals surface area contributed by atoms with Crippen LogP contribution in [0, 0.1) is 5.92 Å². The maximum atomic E-state index is 12.6. The number of rotatable bonds is 1. The molecule has 0 fully saturated rings. The van der Waals surface area contributed by atoms with Gasteiger partial charge >= 0.3 is 0 Å². The molecule has 1 aromatic carbocycles. The van der Waals surface area contributed by atoms with Crippen LogP contribution in [-0.4, -0.2) is 28.0 Å². The Morgan fingerprint density at radius 1 is 1.40 bits per heavy atom. The van der Waals surface area contributed by atoms with Crippen LogP contribution < -0.4 is 5.43 Å². The zero-order valence-corrected chi connectivity index (χ0v) is 11.0. The van der Waals surface area contributed by atoms with Gasteiger partial charge in [0.2, 0.25) is 0 Å². The minimum Gasteiger partial charge on any atom is -0.507 e. The van der Waals surface area contributed by atoms with E-state index in [1.807, 2.05) is 6.92 Å². The summed E-state index contributed by atoms with van der Waals surface area (Å²) >= 11 is 0. The Balaban J connectivity index is 2.37. The summed E-state index contributed by atoms with van der Waals surface area (Å²) in [7, 11) is 0. The summed E-state index contributed by atoms with van der Waals surface area (Å²) in [6.45, 7) is 1.52. The minimum absolute atomic E-state index is 0.0995. The molecule has 0 amide bonds. The van der Waals surface area contributed by atoms with Crippen molar-refractivity contribution in [1.29, 1.82) is 0 Å². The lowest BCUT2D eigenvalue weighted by atomic mass is 9.78. The zero-order chi connectivity index (χ0) is 14.4. The highest BCUT2D eigenvalue weighted by atomic mass is 16.3. The monoisotopic (exact) mass is 276 g/mol. The van der Waals surface area contributed by atoms with E-state index in [2.05, 4.69) is 0 Å². The molecule has 3 unspecified atom stereocenters. The second kappa shape index (κ2) is 4.61. The van der Waals surface area contributed by atoms with Crippen molar-refractivity contribution >= 4 is 11.0 Å². The van der Waals surface area contributed by atoms with Crippen molar-refractivity contribution in [2.24, 2.45) is 5.92 Å². The molecule has 5 heteroatoms. The Morgan fingerprint density at radius 3 is 2.85 bits per heavy atom. The summed E-state index contributed by atoms with van der Waals surface area (Å²) in [5.41, 5.74) is 0.241. The number of aromatic hydroxyl groups is 1. The molecule has 1 heterocycles. The third-order valence-corrected chi connectivity index (χ3v) is 4.08. The SMILES string of the molecule is CC1Cc2oc3cccc(O)c3c(=O)c2C(CO)C1O. The van der Waals surface area contributed by atoms with Crippen molar-refractivity contribution in [2.75, 3.05) is 6.61 Å². The van der Waals surface area contributed by atoms with Gasteiger partial charge in [-0.15, -0.1) is 0 Å². The fourth-order valence-electron chi connectivity index (χ4n) is 2.99. The molecular weight excluding hydrogens is 260 g/mol. The lowest BCUT2D eigenvalue weighted by molar-refractivity contribution is 0.0490. The quantitative estimate of drug-likeness (QED) is 0.726. The number of fused-ring (bicyclic) bond motifs is 2. The Hall–Kier alpha value is -1.85. The third kappa shape index (κ3) is 1.74. The number of phenolic OH excluding ortho intramolecular Hbond substituents is 1. The fraction of sp³-hybridized carbons (Fsp3) is 0.400. The van der Waals surface area contributed by atoms with Crippen LogP contribution in [0.2, 0.25) is 0 Å². The second-order valence-electron chi connectivity index (χ2n) is 5.38. The number of benzene rings is 1. The molecule has 0 saturated carbocycles. The van der Waals surface area contributed by atoms with Gasteiger partial charge in [0, 0.05) is 17.9 Å². The Bertz CT molecular complexity index is 718. The summed E-state index contributed by atoms with van der Waals surface area (Å²) in [4.78, 5) is 12.6. The van der Waals surface area contributed by atoms with Gasteiger partial charge < -0.3 is 19.7 Å². The van der Waals surface area contributed by atoms with Gasteiger partial charge in [-0.3, -0.25) is 4.79 Å². The number of hydrogen-bond donors (Lipinski definition) is 3. The summed E-state index contributed by atoms with van der Waals surface area (Å²) in [6.07, 6.45) is -0.355. The highest BCUT2D eigenvalue weighted by Gasteiger charge is 2.37. The second-order valence-corrected chi connectivity index (χ2v) is 5.38. The van der Waals surface area contributed by atoms with E-state index in [4.69, 9.17) is 4.42 Å². The Morgan fingerprint density at radius 2 is 2.15 bits per heavy atom. The van der Waals surface area contributed by atoms with Crippen molar-refractivity contribution in [3.8, 4) is 5.75 Å². The molecule has 3 rings (SSSR count). The van der Waals surface area contributed by atoms with Gasteiger partial charge in [-0.2, -0.15) is 0 Å². The van der Waals surface area contributed by atoms with E-state index in [1.54, 1.807) is 12.1 Å². The maximum Gasteiger partial charge on any atom is 0.200 e. The van der Waals surface area contributed by atoms with Crippen molar-refractivity contribution < 1.29 is 19.7 Å². The molecule has 1 aliphatic rings. The molecule has 5 nitrogen and oxygen atoms in total. The lowest BCUT2D eigenvalue weighted by Crippen LogP contribution is -2.38. The standard InChI is InChI=1S/C15H16O5/c1-7-5-11-12(8(6-16)14(7)18)15(19)13-9(17)3-2-4-10(13)20-11/h2-4,7-8,14,16-18H,5-6H2,1H3. The van der Waals surface area contributed by atoms with Crippen LogP contribution in [0.15, 0.2) is 27.4 Å². The van der Waals surface area contributed by atoms with E-state index in [0.717, 1.165) is 0 Å². The topological polar surface area (TPSA) is 90.9 Å². The number of phenols is 1. The zero-order valence-electron chi connectivity index (χ0n) is 11.0. The molecule has 1 aliphatic carbocycles. The highest BCUT2D eigenvalue weighted by Crippen LogP contribution is 2.35. The largest absolute Gasteiger partial charge is 0.507 e. The van der Waals surface area contributed by atoms with Gasteiger partial charge in [0.05, 0.1) is 12.7 Å². The predicted molar refractivity (Wildman–Crippen MR) is 72.9 cm³/mol. The fourth-order valence-corrected chi connectivity index (χ4v) is 2.99. The predicted octanol–water partition coefficient (Wildman–Crippen LogP) is 1.13. The van der Waals surface area contributed by atoms with Gasteiger partial charge in [0.15, 0.2) is 5.43 Å². The third-order valence-electron chi connectivity index (χ3n) is 4.08. The van der Waals surface area contributed by atoms with Gasteiger partial charge in [-0.25, -0.2) is 0 Å². The molecule has 106 valence electrons. The molecule has 2 aromatic rings. The summed E-state index contributed by atoms with van der Waals surface area (Å²) in [5, 5.41) is 29.6. The van der Waals surface area contributed by atoms with Gasteiger partial charge in [-0.05, 0) is 18.1 Å². The average molecular weight is 276 g/mol. The molecule has 0 spiro atoms. The number of hydrogen-bond acceptors (Lipinski definition) is 5. The summed E-state index contributed by atoms with van der Waals surface area (Å²) in [5.74, 6) is -0.430. The number of aliphatic hydroxyl groups excluding tert-OH is 2. The van der Waals surface area contributed by atoms with Gasteiger partial charge in [0.1, 0.15) is 22.5 Å². The van der Waals surface area contributed by atoms with Crippen molar-refractivity contribution in [2.45, 2.75) is 25.4 Å². The molecule has 0 radical (unpaired) electrons. The van der Waals surface area contributed by atoms with E-state index in [1.165, 1.54) is 6.07 Å². The van der Waals surface area contributed by atoms with E-state index < -0.39 is 12.0 Å². The van der Waals surface area contributed by atoms with Crippen LogP contribution in [0.1, 0.15) is 24.2 Å². The molecular formula is C15H16O5. The van der Waals surface area contributed by atoms with Crippen LogP contribution in [0.5, 0.6) is 5.75 Å². The molecule has 0 aliphatic heterocycles. The van der Waals surface area contributed by atoms with Crippen LogP contribution in [0.3, 0.4) is 0 Å². The van der Waals surface area contributed by atoms with E-state index in [-0.39, 0.29) is 34.7 Å². The normalized spacial score (nSPS) is 25.6. The first-order valence-electron chi connectivity index (χ1n) is 6.61.